The van der Waals surface area contributed by atoms with Crippen LogP contribution in [0.25, 0.3) is 0 Å². The van der Waals surface area contributed by atoms with E-state index >= 15 is 0 Å². The summed E-state index contributed by atoms with van der Waals surface area (Å²) in [6.45, 7) is 2.58. The van der Waals surface area contributed by atoms with Crippen molar-refractivity contribution in [3.8, 4) is 5.75 Å². The molecule has 0 aliphatic carbocycles. The topological polar surface area (TPSA) is 61.5 Å². The Bertz CT molecular complexity index is 552. The maximum atomic E-state index is 11.5. The summed E-state index contributed by atoms with van der Waals surface area (Å²) in [7, 11) is 0. The molecule has 5 heteroatoms. The van der Waals surface area contributed by atoms with Gasteiger partial charge < -0.3 is 15.2 Å². The smallest absolute Gasteiger partial charge is 0.338 e. The molecule has 0 saturated heterocycles. The number of benzene rings is 1. The number of carbonyl (C=O) groups is 1. The fourth-order valence-electron chi connectivity index (χ4n) is 1.56. The average molecular weight is 277 g/mol. The van der Waals surface area contributed by atoms with Gasteiger partial charge >= 0.3 is 5.97 Å². The van der Waals surface area contributed by atoms with E-state index in [1.807, 2.05) is 17.5 Å². The summed E-state index contributed by atoms with van der Waals surface area (Å²) in [5.41, 5.74) is 6.73. The highest BCUT2D eigenvalue weighted by Gasteiger charge is 2.09. The Morgan fingerprint density at radius 2 is 2.21 bits per heavy atom. The van der Waals surface area contributed by atoms with Crippen LogP contribution in [0.5, 0.6) is 5.75 Å². The van der Waals surface area contributed by atoms with E-state index < -0.39 is 0 Å². The van der Waals surface area contributed by atoms with E-state index in [-0.39, 0.29) is 5.97 Å². The van der Waals surface area contributed by atoms with Crippen molar-refractivity contribution < 1.29 is 14.3 Å². The Labute approximate surface area is 115 Å². The zero-order valence-corrected chi connectivity index (χ0v) is 11.4. The van der Waals surface area contributed by atoms with Gasteiger partial charge in [0.1, 0.15) is 12.4 Å². The van der Waals surface area contributed by atoms with Crippen LogP contribution in [0.1, 0.15) is 22.2 Å². The Morgan fingerprint density at radius 3 is 2.84 bits per heavy atom. The maximum absolute atomic E-state index is 11.5. The highest BCUT2D eigenvalue weighted by molar-refractivity contribution is 7.09. The molecular weight excluding hydrogens is 262 g/mol. The van der Waals surface area contributed by atoms with Crippen molar-refractivity contribution in [3.63, 3.8) is 0 Å². The van der Waals surface area contributed by atoms with Gasteiger partial charge in [-0.15, -0.1) is 11.3 Å². The number of anilines is 1. The summed E-state index contributed by atoms with van der Waals surface area (Å²) >= 11 is 1.62. The quantitative estimate of drug-likeness (QED) is 0.674. The maximum Gasteiger partial charge on any atom is 0.338 e. The second-order valence-corrected chi connectivity index (χ2v) is 4.87. The van der Waals surface area contributed by atoms with Crippen LogP contribution in [-0.4, -0.2) is 12.6 Å². The number of hydrogen-bond donors (Lipinski definition) is 1. The number of hydrogen-bond acceptors (Lipinski definition) is 5. The van der Waals surface area contributed by atoms with Gasteiger partial charge in [0, 0.05) is 4.88 Å². The Hall–Kier alpha value is -2.01. The fraction of sp³-hybridized carbons (Fsp3) is 0.214. The van der Waals surface area contributed by atoms with Gasteiger partial charge in [0.05, 0.1) is 17.9 Å². The number of thiophene rings is 1. The van der Waals surface area contributed by atoms with Crippen LogP contribution in [-0.2, 0) is 11.3 Å². The van der Waals surface area contributed by atoms with E-state index in [0.717, 1.165) is 4.88 Å². The first-order chi connectivity index (χ1) is 9.20. The second kappa shape index (κ2) is 6.24. The molecule has 2 aromatic rings. The molecule has 0 radical (unpaired) electrons. The third-order valence-corrected chi connectivity index (χ3v) is 3.32. The molecule has 0 spiro atoms. The van der Waals surface area contributed by atoms with Crippen molar-refractivity contribution in [2.45, 2.75) is 13.5 Å². The first-order valence-corrected chi connectivity index (χ1v) is 6.80. The van der Waals surface area contributed by atoms with Gasteiger partial charge in [-0.05, 0) is 36.6 Å². The van der Waals surface area contributed by atoms with Crippen molar-refractivity contribution in [1.82, 2.24) is 0 Å². The van der Waals surface area contributed by atoms with E-state index in [4.69, 9.17) is 15.2 Å². The number of rotatable bonds is 5. The number of carbonyl (C=O) groups excluding carboxylic acids is 1. The highest BCUT2D eigenvalue weighted by Crippen LogP contribution is 2.24. The third kappa shape index (κ3) is 3.48. The molecule has 0 fully saturated rings. The summed E-state index contributed by atoms with van der Waals surface area (Å²) in [6, 6.07) is 8.87. The summed E-state index contributed by atoms with van der Waals surface area (Å²) in [5, 5.41) is 1.99. The lowest BCUT2D eigenvalue weighted by Crippen LogP contribution is -2.06. The lowest BCUT2D eigenvalue weighted by molar-refractivity contribution is 0.0526. The minimum Gasteiger partial charge on any atom is -0.486 e. The van der Waals surface area contributed by atoms with E-state index in [9.17, 15) is 4.79 Å². The number of nitrogen functional groups attached to an aromatic ring is 1. The van der Waals surface area contributed by atoms with E-state index in [0.29, 0.717) is 30.2 Å². The van der Waals surface area contributed by atoms with Crippen LogP contribution in [0.15, 0.2) is 35.7 Å². The number of esters is 1. The molecule has 1 heterocycles. The van der Waals surface area contributed by atoms with Crippen molar-refractivity contribution in [2.24, 2.45) is 0 Å². The molecule has 2 N–H and O–H groups in total. The molecule has 1 aromatic heterocycles. The largest absolute Gasteiger partial charge is 0.486 e. The third-order valence-electron chi connectivity index (χ3n) is 2.47. The van der Waals surface area contributed by atoms with E-state index in [2.05, 4.69) is 0 Å². The predicted molar refractivity (Wildman–Crippen MR) is 75.5 cm³/mol. The molecule has 0 unspecified atom stereocenters. The summed E-state index contributed by atoms with van der Waals surface area (Å²) in [4.78, 5) is 12.7. The lowest BCUT2D eigenvalue weighted by atomic mass is 10.2. The number of ether oxygens (including phenoxy) is 2. The van der Waals surface area contributed by atoms with Crippen molar-refractivity contribution in [2.75, 3.05) is 12.3 Å². The highest BCUT2D eigenvalue weighted by atomic mass is 32.1. The number of nitrogens with two attached hydrogens (primary N) is 1. The Kier molecular flexibility index (Phi) is 4.41. The molecule has 0 amide bonds. The molecular formula is C14H15NO3S. The SMILES string of the molecule is CCOC(=O)c1ccc(OCc2cccs2)c(N)c1. The summed E-state index contributed by atoms with van der Waals surface area (Å²) < 4.78 is 10.5. The van der Waals surface area contributed by atoms with Gasteiger partial charge in [0.25, 0.3) is 0 Å². The first-order valence-electron chi connectivity index (χ1n) is 5.92. The van der Waals surface area contributed by atoms with E-state index in [1.165, 1.54) is 0 Å². The minimum atomic E-state index is -0.376. The van der Waals surface area contributed by atoms with Crippen LogP contribution in [0, 0.1) is 0 Å². The fourth-order valence-corrected chi connectivity index (χ4v) is 2.18. The molecule has 0 aliphatic heterocycles. The first kappa shape index (κ1) is 13.4. The monoisotopic (exact) mass is 277 g/mol. The van der Waals surface area contributed by atoms with E-state index in [1.54, 1.807) is 36.5 Å². The van der Waals surface area contributed by atoms with Gasteiger partial charge in [-0.3, -0.25) is 0 Å². The molecule has 0 aliphatic rings. The Morgan fingerprint density at radius 1 is 1.37 bits per heavy atom. The van der Waals surface area contributed by atoms with Gasteiger partial charge in [-0.1, -0.05) is 6.07 Å². The van der Waals surface area contributed by atoms with Crippen LogP contribution in [0.4, 0.5) is 5.69 Å². The molecule has 0 atom stereocenters. The van der Waals surface area contributed by atoms with Crippen molar-refractivity contribution in [1.29, 1.82) is 0 Å². The van der Waals surface area contributed by atoms with Gasteiger partial charge in [0.2, 0.25) is 0 Å². The molecule has 4 nitrogen and oxygen atoms in total. The molecule has 19 heavy (non-hydrogen) atoms. The van der Waals surface area contributed by atoms with Crippen LogP contribution in [0.3, 0.4) is 0 Å². The predicted octanol–water partition coefficient (Wildman–Crippen LogP) is 3.09. The van der Waals surface area contributed by atoms with Crippen LogP contribution < -0.4 is 10.5 Å². The minimum absolute atomic E-state index is 0.343. The van der Waals surface area contributed by atoms with Crippen molar-refractivity contribution in [3.05, 3.63) is 46.2 Å². The molecule has 1 aromatic carbocycles. The zero-order valence-electron chi connectivity index (χ0n) is 10.6. The molecule has 100 valence electrons. The van der Waals surface area contributed by atoms with Crippen LogP contribution >= 0.6 is 11.3 Å². The second-order valence-electron chi connectivity index (χ2n) is 3.84. The molecule has 0 bridgehead atoms. The van der Waals surface area contributed by atoms with Crippen LogP contribution in [0.2, 0.25) is 0 Å². The van der Waals surface area contributed by atoms with Gasteiger partial charge in [-0.25, -0.2) is 4.79 Å². The standard InChI is InChI=1S/C14H15NO3S/c1-2-17-14(16)10-5-6-13(12(15)8-10)18-9-11-4-3-7-19-11/h3-8H,2,9,15H2,1H3. The average Bonchev–Trinajstić information content (AvgIpc) is 2.90. The molecule has 0 saturated carbocycles. The lowest BCUT2D eigenvalue weighted by Gasteiger charge is -2.09. The van der Waals surface area contributed by atoms with Crippen molar-refractivity contribution >= 4 is 23.0 Å². The summed E-state index contributed by atoms with van der Waals surface area (Å²) in [6.07, 6.45) is 0. The normalized spacial score (nSPS) is 10.2. The van der Waals surface area contributed by atoms with Gasteiger partial charge in [-0.2, -0.15) is 0 Å². The van der Waals surface area contributed by atoms with Gasteiger partial charge in [0.15, 0.2) is 0 Å². The molecule has 2 rings (SSSR count). The summed E-state index contributed by atoms with van der Waals surface area (Å²) in [5.74, 6) is 0.195. The zero-order chi connectivity index (χ0) is 13.7. The Balaban J connectivity index is 2.04.